The molecule has 3 aromatic rings. The first-order valence-electron chi connectivity index (χ1n) is 13.4. The number of ether oxygens (including phenoxy) is 1. The molecule has 0 spiro atoms. The maximum atomic E-state index is 13.8. The molecule has 43 heavy (non-hydrogen) atoms. The third-order valence-electron chi connectivity index (χ3n) is 6.35. The zero-order chi connectivity index (χ0) is 31.4. The molecule has 228 valence electrons. The van der Waals surface area contributed by atoms with Crippen LogP contribution in [0.1, 0.15) is 47.1 Å². The Kier molecular flexibility index (Phi) is 9.07. The Morgan fingerprint density at radius 2 is 1.51 bits per heavy atom. The second-order valence-electron chi connectivity index (χ2n) is 10.7. The van der Waals surface area contributed by atoms with Gasteiger partial charge in [-0.25, -0.2) is 9.78 Å². The van der Waals surface area contributed by atoms with E-state index in [2.05, 4.69) is 25.9 Å². The van der Waals surface area contributed by atoms with E-state index in [1.54, 1.807) is 67.0 Å². The molecule has 14 heteroatoms. The average Bonchev–Trinajstić information content (AvgIpc) is 2.96. The number of nitrogens with one attached hydrogen (secondary N) is 3. The number of para-hydroxylation sites is 1. The van der Waals surface area contributed by atoms with E-state index in [1.165, 1.54) is 19.2 Å². The molecule has 0 atom stereocenters. The Hall–Kier alpha value is -4.88. The minimum Gasteiger partial charge on any atom is -0.444 e. The summed E-state index contributed by atoms with van der Waals surface area (Å²) in [5.41, 5.74) is -0.621. The fourth-order valence-corrected chi connectivity index (χ4v) is 4.22. The summed E-state index contributed by atoms with van der Waals surface area (Å²) in [5, 5.41) is 7.91. The number of aromatic nitrogens is 2. The van der Waals surface area contributed by atoms with E-state index in [0.29, 0.717) is 43.6 Å². The van der Waals surface area contributed by atoms with Crippen LogP contribution in [-0.2, 0) is 10.9 Å². The average molecular weight is 600 g/mol. The van der Waals surface area contributed by atoms with Crippen molar-refractivity contribution in [1.29, 1.82) is 0 Å². The number of hydrogen-bond acceptors (Lipinski definition) is 8. The molecular weight excluding hydrogens is 567 g/mol. The molecule has 1 fully saturated rings. The molecule has 3 amide bonds. The molecule has 0 aliphatic carbocycles. The van der Waals surface area contributed by atoms with E-state index in [4.69, 9.17) is 4.74 Å². The monoisotopic (exact) mass is 599 g/mol. The summed E-state index contributed by atoms with van der Waals surface area (Å²) >= 11 is 0. The summed E-state index contributed by atoms with van der Waals surface area (Å²) in [7, 11) is 1.42. The Balaban J connectivity index is 1.45. The number of piperazine rings is 1. The number of benzene rings is 2. The number of amides is 3. The predicted molar refractivity (Wildman–Crippen MR) is 154 cm³/mol. The fraction of sp³-hybridized carbons (Fsp3) is 0.345. The molecule has 1 aliphatic rings. The van der Waals surface area contributed by atoms with Gasteiger partial charge < -0.3 is 30.5 Å². The minimum absolute atomic E-state index is 0.131. The van der Waals surface area contributed by atoms with E-state index in [0.717, 1.165) is 0 Å². The Labute approximate surface area is 246 Å². The molecule has 3 N–H and O–H groups in total. The van der Waals surface area contributed by atoms with Gasteiger partial charge in [0.2, 0.25) is 5.95 Å². The summed E-state index contributed by atoms with van der Waals surface area (Å²) in [6.45, 7) is 6.74. The van der Waals surface area contributed by atoms with Crippen molar-refractivity contribution in [1.82, 2.24) is 25.1 Å². The van der Waals surface area contributed by atoms with Crippen LogP contribution < -0.4 is 16.0 Å². The van der Waals surface area contributed by atoms with E-state index in [-0.39, 0.29) is 23.1 Å². The molecule has 11 nitrogen and oxygen atoms in total. The van der Waals surface area contributed by atoms with Crippen molar-refractivity contribution in [2.75, 3.05) is 43.9 Å². The smallest absolute Gasteiger partial charge is 0.421 e. The highest BCUT2D eigenvalue weighted by Crippen LogP contribution is 2.36. The minimum atomic E-state index is -4.76. The Morgan fingerprint density at radius 3 is 2.12 bits per heavy atom. The Bertz CT molecular complexity index is 1480. The van der Waals surface area contributed by atoms with Crippen LogP contribution in [0.3, 0.4) is 0 Å². The largest absolute Gasteiger partial charge is 0.444 e. The van der Waals surface area contributed by atoms with Gasteiger partial charge in [0.05, 0.1) is 11.3 Å². The van der Waals surface area contributed by atoms with Crippen molar-refractivity contribution in [3.05, 3.63) is 71.4 Å². The van der Waals surface area contributed by atoms with Gasteiger partial charge in [0.15, 0.2) is 0 Å². The number of hydrogen-bond donors (Lipinski definition) is 3. The summed E-state index contributed by atoms with van der Waals surface area (Å²) in [5.74, 6) is -1.38. The van der Waals surface area contributed by atoms with Gasteiger partial charge in [-0.3, -0.25) is 9.59 Å². The number of alkyl halides is 3. The molecule has 0 bridgehead atoms. The summed E-state index contributed by atoms with van der Waals surface area (Å²) < 4.78 is 46.7. The summed E-state index contributed by atoms with van der Waals surface area (Å²) in [6.07, 6.45) is -4.53. The molecule has 1 aromatic heterocycles. The summed E-state index contributed by atoms with van der Waals surface area (Å²) in [4.78, 5) is 48.6. The van der Waals surface area contributed by atoms with Crippen LogP contribution in [-0.4, -0.2) is 76.5 Å². The highest BCUT2D eigenvalue weighted by molar-refractivity contribution is 6.00. The Morgan fingerprint density at radius 1 is 0.884 bits per heavy atom. The van der Waals surface area contributed by atoms with Crippen LogP contribution in [0, 0.1) is 0 Å². The topological polar surface area (TPSA) is 129 Å². The van der Waals surface area contributed by atoms with Gasteiger partial charge in [-0.05, 0) is 57.2 Å². The second-order valence-corrected chi connectivity index (χ2v) is 10.7. The van der Waals surface area contributed by atoms with Crippen LogP contribution in [0.5, 0.6) is 0 Å². The maximum absolute atomic E-state index is 13.8. The van der Waals surface area contributed by atoms with Gasteiger partial charge in [0.25, 0.3) is 11.8 Å². The second kappa shape index (κ2) is 12.5. The van der Waals surface area contributed by atoms with Crippen molar-refractivity contribution < 1.29 is 32.3 Å². The van der Waals surface area contributed by atoms with Crippen LogP contribution in [0.25, 0.3) is 0 Å². The molecule has 2 heterocycles. The number of nitrogens with zero attached hydrogens (tertiary/aromatic N) is 4. The molecule has 4 rings (SSSR count). The molecule has 2 aromatic carbocycles. The van der Waals surface area contributed by atoms with E-state index in [1.807, 2.05) is 0 Å². The zero-order valence-electron chi connectivity index (χ0n) is 24.1. The third kappa shape index (κ3) is 7.90. The van der Waals surface area contributed by atoms with Crippen LogP contribution in [0.4, 0.5) is 41.1 Å². The quantitative estimate of drug-likeness (QED) is 0.360. The van der Waals surface area contributed by atoms with E-state index >= 15 is 0 Å². The van der Waals surface area contributed by atoms with Crippen molar-refractivity contribution in [3.63, 3.8) is 0 Å². The van der Waals surface area contributed by atoms with Gasteiger partial charge in [0.1, 0.15) is 17.0 Å². The van der Waals surface area contributed by atoms with Gasteiger partial charge in [0, 0.05) is 50.7 Å². The van der Waals surface area contributed by atoms with E-state index in [9.17, 15) is 27.6 Å². The standard InChI is InChI=1S/C29H32F3N7O4/c1-28(2,3)43-27(42)39-15-13-38(14-16-39)25(41)18-9-11-19(12-10-18)35-26-34-17-21(29(30,31)32)23(37-26)36-22-8-6-5-7-20(22)24(40)33-4/h5-12,17H,13-16H2,1-4H3,(H,33,40)(H2,34,35,36,37). The fourth-order valence-electron chi connectivity index (χ4n) is 4.22. The first-order valence-corrected chi connectivity index (χ1v) is 13.4. The lowest BCUT2D eigenvalue weighted by Crippen LogP contribution is -2.51. The lowest BCUT2D eigenvalue weighted by molar-refractivity contribution is -0.137. The van der Waals surface area contributed by atoms with Crippen LogP contribution in [0.15, 0.2) is 54.7 Å². The normalized spacial score (nSPS) is 13.7. The van der Waals surface area contributed by atoms with Gasteiger partial charge in [-0.2, -0.15) is 18.2 Å². The SMILES string of the molecule is CNC(=O)c1ccccc1Nc1nc(Nc2ccc(C(=O)N3CCN(C(=O)OC(C)(C)C)CC3)cc2)ncc1C(F)(F)F. The zero-order valence-corrected chi connectivity index (χ0v) is 24.1. The molecule has 0 saturated carbocycles. The third-order valence-corrected chi connectivity index (χ3v) is 6.35. The summed E-state index contributed by atoms with van der Waals surface area (Å²) in [6, 6.07) is 12.4. The van der Waals surface area contributed by atoms with Gasteiger partial charge in [-0.1, -0.05) is 12.1 Å². The van der Waals surface area contributed by atoms with Crippen molar-refractivity contribution in [3.8, 4) is 0 Å². The lowest BCUT2D eigenvalue weighted by Gasteiger charge is -2.35. The number of halogens is 3. The van der Waals surface area contributed by atoms with Crippen molar-refractivity contribution in [2.45, 2.75) is 32.5 Å². The number of anilines is 4. The highest BCUT2D eigenvalue weighted by Gasteiger charge is 2.36. The van der Waals surface area contributed by atoms with Gasteiger partial charge in [-0.15, -0.1) is 0 Å². The van der Waals surface area contributed by atoms with Crippen LogP contribution in [0.2, 0.25) is 0 Å². The van der Waals surface area contributed by atoms with Gasteiger partial charge >= 0.3 is 12.3 Å². The predicted octanol–water partition coefficient (Wildman–Crippen LogP) is 5.04. The van der Waals surface area contributed by atoms with E-state index < -0.39 is 35.2 Å². The van der Waals surface area contributed by atoms with Crippen LogP contribution >= 0.6 is 0 Å². The molecule has 0 unspecified atom stereocenters. The van der Waals surface area contributed by atoms with Crippen molar-refractivity contribution in [2.24, 2.45) is 0 Å². The first-order chi connectivity index (χ1) is 20.2. The molecule has 1 saturated heterocycles. The molecular formula is C29H32F3N7O4. The maximum Gasteiger partial charge on any atom is 0.421 e. The highest BCUT2D eigenvalue weighted by atomic mass is 19.4. The lowest BCUT2D eigenvalue weighted by atomic mass is 10.1. The first kappa shape index (κ1) is 31.1. The number of rotatable bonds is 6. The number of carbonyl (C=O) groups excluding carboxylic acids is 3. The number of carbonyl (C=O) groups is 3. The molecule has 0 radical (unpaired) electrons. The molecule has 1 aliphatic heterocycles. The van der Waals surface area contributed by atoms with Crippen molar-refractivity contribution >= 4 is 41.0 Å².